The Bertz CT molecular complexity index is 135. The van der Waals surface area contributed by atoms with Crippen molar-refractivity contribution in [3.63, 3.8) is 0 Å². The zero-order valence-corrected chi connectivity index (χ0v) is 4.59. The van der Waals surface area contributed by atoms with Crippen LogP contribution in [0.5, 0.6) is 0 Å². The minimum Gasteiger partial charge on any atom is -0.261 e. The van der Waals surface area contributed by atoms with Gasteiger partial charge < -0.3 is 0 Å². The van der Waals surface area contributed by atoms with Gasteiger partial charge in [0.25, 0.3) is 0 Å². The lowest BCUT2D eigenvalue weighted by molar-refractivity contribution is -0.492. The summed E-state index contributed by atoms with van der Waals surface area (Å²) in [6, 6.07) is 0. The van der Waals surface area contributed by atoms with Gasteiger partial charge in [-0.15, -0.1) is 0 Å². The van der Waals surface area contributed by atoms with Gasteiger partial charge in [0, 0.05) is 6.21 Å². The van der Waals surface area contributed by atoms with Crippen molar-refractivity contribution in [3.05, 3.63) is 15.9 Å². The quantitative estimate of drug-likeness (QED) is 0.381. The van der Waals surface area contributed by atoms with Crippen molar-refractivity contribution in [2.45, 2.75) is 5.50 Å². The van der Waals surface area contributed by atoms with Gasteiger partial charge in [0.05, 0.1) is 4.92 Å². The van der Waals surface area contributed by atoms with Crippen LogP contribution in [0.3, 0.4) is 0 Å². The molecule has 0 amide bonds. The molecule has 5 heteroatoms. The average molecular weight is 130 g/mol. The van der Waals surface area contributed by atoms with E-state index in [-0.39, 0.29) is 0 Å². The van der Waals surface area contributed by atoms with E-state index in [2.05, 4.69) is 10.7 Å². The Hall–Kier alpha value is -0.580. The molecule has 42 valence electrons. The van der Waals surface area contributed by atoms with Gasteiger partial charge in [0.2, 0.25) is 0 Å². The molecule has 0 aromatic carbocycles. The van der Waals surface area contributed by atoms with Crippen LogP contribution in [0.4, 0.5) is 0 Å². The van der Waals surface area contributed by atoms with Crippen LogP contribution in [0, 0.1) is 15.9 Å². The maximum atomic E-state index is 9.83. The summed E-state index contributed by atoms with van der Waals surface area (Å²) in [4.78, 5) is 12.8. The summed E-state index contributed by atoms with van der Waals surface area (Å²) >= 11 is 0.979. The first-order valence-corrected chi connectivity index (χ1v) is 2.75. The van der Waals surface area contributed by atoms with E-state index in [9.17, 15) is 10.1 Å². The minimum absolute atomic E-state index is 0.457. The predicted molar refractivity (Wildman–Crippen MR) is 30.1 cm³/mol. The Morgan fingerprint density at radius 1 is 2.00 bits per heavy atom. The van der Waals surface area contributed by atoms with E-state index in [1.54, 1.807) is 0 Å². The zero-order chi connectivity index (χ0) is 5.98. The van der Waals surface area contributed by atoms with E-state index in [4.69, 9.17) is 0 Å². The number of nitro groups is 1. The van der Waals surface area contributed by atoms with Crippen LogP contribution in [0.15, 0.2) is 4.99 Å². The van der Waals surface area contributed by atoms with Gasteiger partial charge in [-0.3, -0.25) is 10.1 Å². The maximum Gasteiger partial charge on any atom is 0.352 e. The van der Waals surface area contributed by atoms with Crippen molar-refractivity contribution >= 4 is 18.0 Å². The second-order valence-electron chi connectivity index (χ2n) is 1.13. The highest BCUT2D eigenvalue weighted by molar-refractivity contribution is 8.02. The highest BCUT2D eigenvalue weighted by Crippen LogP contribution is 2.19. The molecule has 1 aliphatic rings. The molecule has 2 radical (unpaired) electrons. The topological polar surface area (TPSA) is 55.5 Å². The van der Waals surface area contributed by atoms with E-state index in [1.165, 1.54) is 6.21 Å². The molecular weight excluding hydrogens is 128 g/mol. The van der Waals surface area contributed by atoms with E-state index in [0.717, 1.165) is 11.8 Å². The van der Waals surface area contributed by atoms with Crippen molar-refractivity contribution in [1.82, 2.24) is 0 Å². The van der Waals surface area contributed by atoms with Crippen molar-refractivity contribution in [2.24, 2.45) is 4.99 Å². The molecule has 1 rings (SSSR count). The Morgan fingerprint density at radius 2 is 2.75 bits per heavy atom. The fourth-order valence-corrected chi connectivity index (χ4v) is 0.765. The molecule has 0 N–H and O–H groups in total. The average Bonchev–Trinajstić information content (AvgIpc) is 2.12. The van der Waals surface area contributed by atoms with Crippen molar-refractivity contribution < 1.29 is 4.92 Å². The second-order valence-corrected chi connectivity index (χ2v) is 2.02. The van der Waals surface area contributed by atoms with Crippen LogP contribution >= 0.6 is 11.8 Å². The fourth-order valence-electron chi connectivity index (χ4n) is 0.313. The molecule has 0 spiro atoms. The SMILES string of the molecule is O=[N+]([O-])C1N=C[C]S1. The maximum absolute atomic E-state index is 9.83. The van der Waals surface area contributed by atoms with Gasteiger partial charge >= 0.3 is 5.50 Å². The standard InChI is InChI=1S/C3H2N2O2S/c6-5(7)3-4-1-2-8-3/h1,3H. The first-order valence-electron chi connectivity index (χ1n) is 1.87. The molecule has 0 aromatic rings. The summed E-state index contributed by atoms with van der Waals surface area (Å²) < 4.78 is 0. The monoisotopic (exact) mass is 130 g/mol. The molecule has 1 heterocycles. The van der Waals surface area contributed by atoms with Gasteiger partial charge in [-0.1, -0.05) is 0 Å². The van der Waals surface area contributed by atoms with Gasteiger partial charge in [-0.25, -0.2) is 4.99 Å². The summed E-state index contributed by atoms with van der Waals surface area (Å²) in [5.41, 5.74) is -0.838. The molecule has 8 heavy (non-hydrogen) atoms. The largest absolute Gasteiger partial charge is 0.352 e. The zero-order valence-electron chi connectivity index (χ0n) is 3.77. The number of thioether (sulfide) groups is 1. The smallest absolute Gasteiger partial charge is 0.261 e. The van der Waals surface area contributed by atoms with E-state index in [1.807, 2.05) is 0 Å². The summed E-state index contributed by atoms with van der Waals surface area (Å²) in [6.45, 7) is 0. The van der Waals surface area contributed by atoms with Gasteiger partial charge in [-0.2, -0.15) is 0 Å². The molecule has 0 bridgehead atoms. The number of hydrogen-bond acceptors (Lipinski definition) is 4. The molecular formula is C3H2N2O2S. The number of rotatable bonds is 1. The van der Waals surface area contributed by atoms with Crippen LogP contribution in [0.1, 0.15) is 0 Å². The number of aliphatic imine (C=N–C) groups is 1. The van der Waals surface area contributed by atoms with Gasteiger partial charge in [0.1, 0.15) is 5.75 Å². The Morgan fingerprint density at radius 3 is 3.00 bits per heavy atom. The molecule has 0 aliphatic carbocycles. The lowest BCUT2D eigenvalue weighted by Gasteiger charge is -1.91. The van der Waals surface area contributed by atoms with E-state index < -0.39 is 10.4 Å². The Kier molecular flexibility index (Phi) is 1.48. The minimum atomic E-state index is -0.838. The van der Waals surface area contributed by atoms with E-state index in [0.29, 0.717) is 0 Å². The Balaban J connectivity index is 2.48. The highest BCUT2D eigenvalue weighted by atomic mass is 32.2. The van der Waals surface area contributed by atoms with E-state index >= 15 is 0 Å². The van der Waals surface area contributed by atoms with Crippen LogP contribution in [0.2, 0.25) is 0 Å². The van der Waals surface area contributed by atoms with Crippen LogP contribution in [-0.2, 0) is 0 Å². The molecule has 1 atom stereocenters. The molecule has 1 unspecified atom stereocenters. The normalized spacial score (nSPS) is 26.2. The van der Waals surface area contributed by atoms with Crippen LogP contribution in [-0.4, -0.2) is 16.6 Å². The third-order valence-corrected chi connectivity index (χ3v) is 1.35. The summed E-state index contributed by atoms with van der Waals surface area (Å²) in [7, 11) is 0. The van der Waals surface area contributed by atoms with Crippen molar-refractivity contribution in [2.75, 3.05) is 0 Å². The Labute approximate surface area is 50.1 Å². The third kappa shape index (κ3) is 0.975. The lowest BCUT2D eigenvalue weighted by Crippen LogP contribution is -2.08. The van der Waals surface area contributed by atoms with Crippen molar-refractivity contribution in [1.29, 1.82) is 0 Å². The molecule has 0 aromatic heterocycles. The molecule has 4 nitrogen and oxygen atoms in total. The predicted octanol–water partition coefficient (Wildman–Crippen LogP) is 0.403. The number of nitrogens with zero attached hydrogens (tertiary/aromatic N) is 2. The first-order chi connectivity index (χ1) is 3.80. The summed E-state index contributed by atoms with van der Waals surface area (Å²) in [6.07, 6.45) is 1.32. The van der Waals surface area contributed by atoms with Gasteiger partial charge in [-0.05, 0) is 11.8 Å². The highest BCUT2D eigenvalue weighted by Gasteiger charge is 2.21. The fraction of sp³-hybridized carbons (Fsp3) is 0.333. The van der Waals surface area contributed by atoms with Crippen LogP contribution in [0.25, 0.3) is 0 Å². The van der Waals surface area contributed by atoms with Gasteiger partial charge in [0.15, 0.2) is 0 Å². The summed E-state index contributed by atoms with van der Waals surface area (Å²) in [5.74, 6) is 2.54. The van der Waals surface area contributed by atoms with Crippen LogP contribution < -0.4 is 0 Å². The third-order valence-electron chi connectivity index (χ3n) is 0.609. The first kappa shape index (κ1) is 5.55. The summed E-state index contributed by atoms with van der Waals surface area (Å²) in [5, 5.41) is 9.83. The number of hydrogen-bond donors (Lipinski definition) is 0. The van der Waals surface area contributed by atoms with Crippen molar-refractivity contribution in [3.8, 4) is 0 Å². The second kappa shape index (κ2) is 2.13. The lowest BCUT2D eigenvalue weighted by atomic mass is 10.9. The molecule has 1 aliphatic heterocycles. The molecule has 0 fully saturated rings. The molecule has 0 saturated heterocycles. The molecule has 0 saturated carbocycles.